The number of nitrogens with two attached hydrogens (primary N) is 1. The third-order valence-electron chi connectivity index (χ3n) is 2.31. The minimum atomic E-state index is 0.524. The molecular formula is C8H13N3S. The van der Waals surface area contributed by atoms with Crippen LogP contribution in [0.5, 0.6) is 0 Å². The van der Waals surface area contributed by atoms with Crippen molar-refractivity contribution in [2.45, 2.75) is 18.9 Å². The molecule has 2 rings (SSSR count). The highest BCUT2D eigenvalue weighted by Gasteiger charge is 2.24. The SMILES string of the molecule is NC[C@@H]1CCCN1c1nccs1. The average molecular weight is 183 g/mol. The highest BCUT2D eigenvalue weighted by molar-refractivity contribution is 7.13. The summed E-state index contributed by atoms with van der Waals surface area (Å²) >= 11 is 1.70. The third-order valence-corrected chi connectivity index (χ3v) is 3.12. The van der Waals surface area contributed by atoms with Gasteiger partial charge >= 0.3 is 0 Å². The molecule has 0 amide bonds. The summed E-state index contributed by atoms with van der Waals surface area (Å²) in [7, 11) is 0. The van der Waals surface area contributed by atoms with Gasteiger partial charge in [-0.2, -0.15) is 0 Å². The molecule has 0 radical (unpaired) electrons. The summed E-state index contributed by atoms with van der Waals surface area (Å²) < 4.78 is 0. The number of thiazole rings is 1. The molecule has 1 aromatic rings. The third kappa shape index (κ3) is 1.32. The van der Waals surface area contributed by atoms with E-state index in [-0.39, 0.29) is 0 Å². The van der Waals surface area contributed by atoms with Crippen LogP contribution in [0.1, 0.15) is 12.8 Å². The Labute approximate surface area is 76.2 Å². The molecule has 66 valence electrons. The van der Waals surface area contributed by atoms with Crippen LogP contribution in [-0.2, 0) is 0 Å². The fourth-order valence-electron chi connectivity index (χ4n) is 1.69. The quantitative estimate of drug-likeness (QED) is 0.745. The van der Waals surface area contributed by atoms with E-state index in [0.717, 1.165) is 18.2 Å². The number of hydrogen-bond acceptors (Lipinski definition) is 4. The Kier molecular flexibility index (Phi) is 2.28. The van der Waals surface area contributed by atoms with Gasteiger partial charge in [-0.1, -0.05) is 0 Å². The molecule has 12 heavy (non-hydrogen) atoms. The number of hydrogen-bond donors (Lipinski definition) is 1. The van der Waals surface area contributed by atoms with Gasteiger partial charge in [-0.25, -0.2) is 4.98 Å². The molecule has 1 atom stereocenters. The van der Waals surface area contributed by atoms with E-state index in [4.69, 9.17) is 5.73 Å². The summed E-state index contributed by atoms with van der Waals surface area (Å²) in [5, 5.41) is 3.14. The standard InChI is InChI=1S/C8H13N3S/c9-6-7-2-1-4-11(7)8-10-3-5-12-8/h3,5,7H,1-2,4,6,9H2/t7-/m0/s1. The summed E-state index contributed by atoms with van der Waals surface area (Å²) in [4.78, 5) is 6.61. The molecule has 2 N–H and O–H groups in total. The van der Waals surface area contributed by atoms with Gasteiger partial charge < -0.3 is 10.6 Å². The van der Waals surface area contributed by atoms with Gasteiger partial charge in [-0.3, -0.25) is 0 Å². The zero-order valence-electron chi connectivity index (χ0n) is 6.94. The predicted molar refractivity (Wildman–Crippen MR) is 51.5 cm³/mol. The summed E-state index contributed by atoms with van der Waals surface area (Å²) in [5.41, 5.74) is 5.67. The van der Waals surface area contributed by atoms with Gasteiger partial charge in [0.15, 0.2) is 5.13 Å². The Morgan fingerprint density at radius 2 is 2.67 bits per heavy atom. The molecule has 2 heterocycles. The van der Waals surface area contributed by atoms with Crippen LogP contribution in [0.2, 0.25) is 0 Å². The van der Waals surface area contributed by atoms with Crippen LogP contribution in [0.4, 0.5) is 5.13 Å². The lowest BCUT2D eigenvalue weighted by molar-refractivity contribution is 0.676. The van der Waals surface area contributed by atoms with E-state index < -0.39 is 0 Å². The first-order valence-electron chi connectivity index (χ1n) is 4.28. The van der Waals surface area contributed by atoms with Crippen molar-refractivity contribution in [3.8, 4) is 0 Å². The monoisotopic (exact) mass is 183 g/mol. The normalized spacial score (nSPS) is 23.4. The van der Waals surface area contributed by atoms with Crippen molar-refractivity contribution in [3.63, 3.8) is 0 Å². The number of aromatic nitrogens is 1. The van der Waals surface area contributed by atoms with Crippen molar-refractivity contribution in [2.24, 2.45) is 5.73 Å². The molecule has 0 aliphatic carbocycles. The zero-order chi connectivity index (χ0) is 8.39. The topological polar surface area (TPSA) is 42.1 Å². The maximum absolute atomic E-state index is 5.67. The first-order valence-corrected chi connectivity index (χ1v) is 5.16. The predicted octanol–water partition coefficient (Wildman–Crippen LogP) is 1.07. The second kappa shape index (κ2) is 3.41. The second-order valence-corrected chi connectivity index (χ2v) is 3.91. The molecule has 0 saturated carbocycles. The van der Waals surface area contributed by atoms with E-state index in [1.54, 1.807) is 11.3 Å². The van der Waals surface area contributed by atoms with Gasteiger partial charge in [0.25, 0.3) is 0 Å². The Balaban J connectivity index is 2.13. The van der Waals surface area contributed by atoms with E-state index >= 15 is 0 Å². The van der Waals surface area contributed by atoms with E-state index in [2.05, 4.69) is 9.88 Å². The molecule has 0 bridgehead atoms. The van der Waals surface area contributed by atoms with Crippen LogP contribution in [0, 0.1) is 0 Å². The number of anilines is 1. The first kappa shape index (κ1) is 8.01. The molecule has 1 fully saturated rings. The average Bonchev–Trinajstić information content (AvgIpc) is 2.74. The van der Waals surface area contributed by atoms with Crippen molar-refractivity contribution >= 4 is 16.5 Å². The van der Waals surface area contributed by atoms with Crippen molar-refractivity contribution in [3.05, 3.63) is 11.6 Å². The lowest BCUT2D eigenvalue weighted by atomic mass is 10.2. The van der Waals surface area contributed by atoms with E-state index in [0.29, 0.717) is 6.04 Å². The van der Waals surface area contributed by atoms with Gasteiger partial charge in [-0.05, 0) is 12.8 Å². The van der Waals surface area contributed by atoms with Gasteiger partial charge in [0, 0.05) is 30.7 Å². The van der Waals surface area contributed by atoms with Gasteiger partial charge in [0.05, 0.1) is 0 Å². The van der Waals surface area contributed by atoms with Crippen LogP contribution in [-0.4, -0.2) is 24.1 Å². The Bertz CT molecular complexity index is 234. The molecule has 1 aliphatic heterocycles. The van der Waals surface area contributed by atoms with Crippen molar-refractivity contribution < 1.29 is 0 Å². The fraction of sp³-hybridized carbons (Fsp3) is 0.625. The highest BCUT2D eigenvalue weighted by Crippen LogP contribution is 2.26. The molecule has 1 aliphatic rings. The fourth-order valence-corrected chi connectivity index (χ4v) is 2.43. The smallest absolute Gasteiger partial charge is 0.185 e. The molecule has 1 aromatic heterocycles. The van der Waals surface area contributed by atoms with E-state index in [1.807, 2.05) is 11.6 Å². The zero-order valence-corrected chi connectivity index (χ0v) is 7.76. The minimum Gasteiger partial charge on any atom is -0.344 e. The molecule has 0 aromatic carbocycles. The van der Waals surface area contributed by atoms with E-state index in [9.17, 15) is 0 Å². The highest BCUT2D eigenvalue weighted by atomic mass is 32.1. The van der Waals surface area contributed by atoms with Gasteiger partial charge in [-0.15, -0.1) is 11.3 Å². The Morgan fingerprint density at radius 1 is 1.75 bits per heavy atom. The maximum atomic E-state index is 5.67. The van der Waals surface area contributed by atoms with Crippen LogP contribution < -0.4 is 10.6 Å². The van der Waals surface area contributed by atoms with Crippen molar-refractivity contribution in [1.82, 2.24) is 4.98 Å². The lowest BCUT2D eigenvalue weighted by Crippen LogP contribution is -2.35. The van der Waals surface area contributed by atoms with Crippen molar-refractivity contribution in [2.75, 3.05) is 18.0 Å². The maximum Gasteiger partial charge on any atom is 0.185 e. The molecule has 3 nitrogen and oxygen atoms in total. The molecule has 0 unspecified atom stereocenters. The largest absolute Gasteiger partial charge is 0.344 e. The summed E-state index contributed by atoms with van der Waals surface area (Å²) in [6, 6.07) is 0.524. The minimum absolute atomic E-state index is 0.524. The summed E-state index contributed by atoms with van der Waals surface area (Å²) in [6.07, 6.45) is 4.32. The van der Waals surface area contributed by atoms with Gasteiger partial charge in [0.2, 0.25) is 0 Å². The van der Waals surface area contributed by atoms with Crippen LogP contribution in [0.15, 0.2) is 11.6 Å². The molecule has 4 heteroatoms. The second-order valence-electron chi connectivity index (χ2n) is 3.04. The number of nitrogens with zero attached hydrogens (tertiary/aromatic N) is 2. The summed E-state index contributed by atoms with van der Waals surface area (Å²) in [5.74, 6) is 0. The first-order chi connectivity index (χ1) is 5.92. The van der Waals surface area contributed by atoms with Crippen LogP contribution >= 0.6 is 11.3 Å². The summed E-state index contributed by atoms with van der Waals surface area (Å²) in [6.45, 7) is 1.87. The molecular weight excluding hydrogens is 170 g/mol. The molecule has 1 saturated heterocycles. The van der Waals surface area contributed by atoms with Crippen LogP contribution in [0.3, 0.4) is 0 Å². The van der Waals surface area contributed by atoms with Crippen molar-refractivity contribution in [1.29, 1.82) is 0 Å². The van der Waals surface area contributed by atoms with Crippen LogP contribution in [0.25, 0.3) is 0 Å². The molecule has 0 spiro atoms. The lowest BCUT2D eigenvalue weighted by Gasteiger charge is -2.22. The Morgan fingerprint density at radius 3 is 3.33 bits per heavy atom. The Hall–Kier alpha value is -0.610. The number of rotatable bonds is 2. The van der Waals surface area contributed by atoms with E-state index in [1.165, 1.54) is 12.8 Å². The van der Waals surface area contributed by atoms with Gasteiger partial charge in [0.1, 0.15) is 0 Å².